The fraction of sp³-hybridized carbons (Fsp3) is 0.500. The molecule has 0 spiro atoms. The van der Waals surface area contributed by atoms with Gasteiger partial charge < -0.3 is 5.73 Å². The zero-order valence-electron chi connectivity index (χ0n) is 8.66. The van der Waals surface area contributed by atoms with Crippen molar-refractivity contribution in [2.75, 3.05) is 0 Å². The number of rotatable bonds is 1. The standard InChI is InChI=1S/C12H16FN.ClH/c13-10-7-5-9(6-8-10)11-3-1-2-4-12(11)14;/h5-8,11-12H,1-4,14H2;1H/t11-,12+;/m0./s1. The van der Waals surface area contributed by atoms with E-state index in [1.807, 2.05) is 12.1 Å². The van der Waals surface area contributed by atoms with Gasteiger partial charge in [-0.1, -0.05) is 25.0 Å². The smallest absolute Gasteiger partial charge is 0.123 e. The molecular formula is C12H17ClFN. The van der Waals surface area contributed by atoms with Crippen LogP contribution in [0.2, 0.25) is 0 Å². The summed E-state index contributed by atoms with van der Waals surface area (Å²) in [5, 5.41) is 0. The molecule has 0 unspecified atom stereocenters. The van der Waals surface area contributed by atoms with E-state index in [4.69, 9.17) is 5.73 Å². The molecule has 84 valence electrons. The van der Waals surface area contributed by atoms with Crippen LogP contribution in [-0.2, 0) is 0 Å². The first-order chi connectivity index (χ1) is 6.77. The molecule has 1 saturated carbocycles. The first-order valence-electron chi connectivity index (χ1n) is 5.28. The number of hydrogen-bond donors (Lipinski definition) is 1. The van der Waals surface area contributed by atoms with E-state index in [1.165, 1.54) is 30.5 Å². The van der Waals surface area contributed by atoms with Crippen LogP contribution in [0.25, 0.3) is 0 Å². The van der Waals surface area contributed by atoms with Crippen molar-refractivity contribution in [3.8, 4) is 0 Å². The maximum absolute atomic E-state index is 12.7. The number of nitrogens with two attached hydrogens (primary N) is 1. The summed E-state index contributed by atoms with van der Waals surface area (Å²) < 4.78 is 12.7. The molecule has 1 aromatic carbocycles. The lowest BCUT2D eigenvalue weighted by Crippen LogP contribution is -2.31. The Hall–Kier alpha value is -0.600. The van der Waals surface area contributed by atoms with Crippen molar-refractivity contribution < 1.29 is 4.39 Å². The van der Waals surface area contributed by atoms with Crippen molar-refractivity contribution in [1.82, 2.24) is 0 Å². The fourth-order valence-corrected chi connectivity index (χ4v) is 2.28. The van der Waals surface area contributed by atoms with Crippen LogP contribution in [0, 0.1) is 5.82 Å². The summed E-state index contributed by atoms with van der Waals surface area (Å²) >= 11 is 0. The highest BCUT2D eigenvalue weighted by Crippen LogP contribution is 2.31. The topological polar surface area (TPSA) is 26.0 Å². The Bertz CT molecular complexity index is 299. The SMILES string of the molecule is Cl.N[C@@H]1CCCC[C@H]1c1ccc(F)cc1. The van der Waals surface area contributed by atoms with Crippen LogP contribution >= 0.6 is 12.4 Å². The Morgan fingerprint density at radius 1 is 1.07 bits per heavy atom. The molecule has 0 radical (unpaired) electrons. The second kappa shape index (κ2) is 5.47. The lowest BCUT2D eigenvalue weighted by molar-refractivity contribution is 0.385. The molecule has 2 atom stereocenters. The molecule has 1 aliphatic rings. The van der Waals surface area contributed by atoms with Crippen LogP contribution < -0.4 is 5.73 Å². The molecule has 0 saturated heterocycles. The van der Waals surface area contributed by atoms with Crippen LogP contribution in [0.4, 0.5) is 4.39 Å². The Labute approximate surface area is 96.3 Å². The van der Waals surface area contributed by atoms with Gasteiger partial charge in [-0.3, -0.25) is 0 Å². The molecule has 0 aliphatic heterocycles. The molecule has 2 N–H and O–H groups in total. The summed E-state index contributed by atoms with van der Waals surface area (Å²) in [6.07, 6.45) is 4.73. The van der Waals surface area contributed by atoms with E-state index >= 15 is 0 Å². The first-order valence-corrected chi connectivity index (χ1v) is 5.28. The molecule has 0 amide bonds. The molecule has 0 aromatic heterocycles. The molecule has 1 aromatic rings. The van der Waals surface area contributed by atoms with Gasteiger partial charge in [0.25, 0.3) is 0 Å². The second-order valence-corrected chi connectivity index (χ2v) is 4.11. The Morgan fingerprint density at radius 3 is 2.27 bits per heavy atom. The predicted octanol–water partition coefficient (Wildman–Crippen LogP) is 3.23. The van der Waals surface area contributed by atoms with E-state index in [0.29, 0.717) is 5.92 Å². The van der Waals surface area contributed by atoms with E-state index in [-0.39, 0.29) is 24.3 Å². The zero-order chi connectivity index (χ0) is 9.97. The average Bonchev–Trinajstić information content (AvgIpc) is 2.20. The van der Waals surface area contributed by atoms with Crippen molar-refractivity contribution in [3.63, 3.8) is 0 Å². The average molecular weight is 230 g/mol. The fourth-order valence-electron chi connectivity index (χ4n) is 2.28. The van der Waals surface area contributed by atoms with Gasteiger partial charge in [0.05, 0.1) is 0 Å². The van der Waals surface area contributed by atoms with Gasteiger partial charge in [-0.25, -0.2) is 4.39 Å². The molecule has 0 bridgehead atoms. The van der Waals surface area contributed by atoms with E-state index < -0.39 is 0 Å². The Balaban J connectivity index is 0.00000112. The number of benzene rings is 1. The van der Waals surface area contributed by atoms with Gasteiger partial charge in [0.2, 0.25) is 0 Å². The van der Waals surface area contributed by atoms with Crippen LogP contribution in [0.5, 0.6) is 0 Å². The summed E-state index contributed by atoms with van der Waals surface area (Å²) in [5.41, 5.74) is 7.25. The van der Waals surface area contributed by atoms with Gasteiger partial charge in [-0.05, 0) is 36.5 Å². The molecule has 3 heteroatoms. The summed E-state index contributed by atoms with van der Waals surface area (Å²) in [6.45, 7) is 0. The number of halogens is 2. The summed E-state index contributed by atoms with van der Waals surface area (Å²) in [5.74, 6) is 0.266. The van der Waals surface area contributed by atoms with E-state index in [2.05, 4.69) is 0 Å². The normalized spacial score (nSPS) is 25.7. The maximum atomic E-state index is 12.7. The van der Waals surface area contributed by atoms with Crippen LogP contribution in [0.15, 0.2) is 24.3 Å². The van der Waals surface area contributed by atoms with Gasteiger partial charge in [0, 0.05) is 6.04 Å². The number of hydrogen-bond acceptors (Lipinski definition) is 1. The van der Waals surface area contributed by atoms with Crippen molar-refractivity contribution in [2.24, 2.45) is 5.73 Å². The highest BCUT2D eigenvalue weighted by Gasteiger charge is 2.22. The molecule has 1 fully saturated rings. The van der Waals surface area contributed by atoms with E-state index in [1.54, 1.807) is 0 Å². The van der Waals surface area contributed by atoms with Crippen molar-refractivity contribution in [1.29, 1.82) is 0 Å². The second-order valence-electron chi connectivity index (χ2n) is 4.11. The van der Waals surface area contributed by atoms with Crippen molar-refractivity contribution in [2.45, 2.75) is 37.6 Å². The summed E-state index contributed by atoms with van der Waals surface area (Å²) in [4.78, 5) is 0. The molecule has 0 heterocycles. The van der Waals surface area contributed by atoms with Crippen molar-refractivity contribution in [3.05, 3.63) is 35.6 Å². The monoisotopic (exact) mass is 229 g/mol. The largest absolute Gasteiger partial charge is 0.327 e. The zero-order valence-corrected chi connectivity index (χ0v) is 9.47. The molecule has 1 nitrogen and oxygen atoms in total. The van der Waals surface area contributed by atoms with Gasteiger partial charge >= 0.3 is 0 Å². The molecular weight excluding hydrogens is 213 g/mol. The van der Waals surface area contributed by atoms with Crippen LogP contribution in [0.1, 0.15) is 37.2 Å². The van der Waals surface area contributed by atoms with Gasteiger partial charge in [-0.15, -0.1) is 12.4 Å². The minimum Gasteiger partial charge on any atom is -0.327 e. The Morgan fingerprint density at radius 2 is 1.67 bits per heavy atom. The lowest BCUT2D eigenvalue weighted by Gasteiger charge is -2.28. The third kappa shape index (κ3) is 2.93. The third-order valence-corrected chi connectivity index (χ3v) is 3.12. The van der Waals surface area contributed by atoms with Crippen LogP contribution in [-0.4, -0.2) is 6.04 Å². The van der Waals surface area contributed by atoms with E-state index in [0.717, 1.165) is 12.8 Å². The molecule has 15 heavy (non-hydrogen) atoms. The highest BCUT2D eigenvalue weighted by atomic mass is 35.5. The third-order valence-electron chi connectivity index (χ3n) is 3.12. The van der Waals surface area contributed by atoms with Gasteiger partial charge in [0.1, 0.15) is 5.82 Å². The van der Waals surface area contributed by atoms with Crippen molar-refractivity contribution >= 4 is 12.4 Å². The first kappa shape index (κ1) is 12.5. The summed E-state index contributed by atoms with van der Waals surface area (Å²) in [6, 6.07) is 7.04. The summed E-state index contributed by atoms with van der Waals surface area (Å²) in [7, 11) is 0. The minimum absolute atomic E-state index is 0. The Kier molecular flexibility index (Phi) is 4.55. The highest BCUT2D eigenvalue weighted by molar-refractivity contribution is 5.85. The molecule has 2 rings (SSSR count). The molecule has 1 aliphatic carbocycles. The van der Waals surface area contributed by atoms with Gasteiger partial charge in [0.15, 0.2) is 0 Å². The maximum Gasteiger partial charge on any atom is 0.123 e. The van der Waals surface area contributed by atoms with Gasteiger partial charge in [-0.2, -0.15) is 0 Å². The van der Waals surface area contributed by atoms with E-state index in [9.17, 15) is 4.39 Å². The van der Waals surface area contributed by atoms with Crippen LogP contribution in [0.3, 0.4) is 0 Å². The lowest BCUT2D eigenvalue weighted by atomic mass is 9.80. The predicted molar refractivity (Wildman–Crippen MR) is 62.8 cm³/mol. The minimum atomic E-state index is -0.168. The quantitative estimate of drug-likeness (QED) is 0.786.